The third-order valence-electron chi connectivity index (χ3n) is 16.9. The monoisotopic (exact) mass is 669 g/mol. The first-order valence-electron chi connectivity index (χ1n) is 20.8. The van der Waals surface area contributed by atoms with Crippen molar-refractivity contribution in [1.29, 1.82) is 0 Å². The molecule has 0 heterocycles. The van der Waals surface area contributed by atoms with Crippen LogP contribution in [0, 0.1) is 56.7 Å². The van der Waals surface area contributed by atoms with E-state index in [1.165, 1.54) is 83.5 Å². The summed E-state index contributed by atoms with van der Waals surface area (Å²) in [4.78, 5) is 13.2. The molecule has 0 aromatic carbocycles. The van der Waals surface area contributed by atoms with Crippen LogP contribution < -0.4 is 0 Å². The van der Waals surface area contributed by atoms with Crippen molar-refractivity contribution < 1.29 is 19.7 Å². The summed E-state index contributed by atoms with van der Waals surface area (Å²) in [5.41, 5.74) is 1.07. The van der Waals surface area contributed by atoms with Crippen LogP contribution in [0.15, 0.2) is 12.2 Å². The molecule has 0 spiro atoms. The molecule has 0 aliphatic heterocycles. The maximum atomic E-state index is 13.2. The Kier molecular flexibility index (Phi) is 11.7. The van der Waals surface area contributed by atoms with Crippen molar-refractivity contribution in [3.63, 3.8) is 0 Å². The smallest absolute Gasteiger partial charge is 0.306 e. The van der Waals surface area contributed by atoms with E-state index in [1.807, 2.05) is 0 Å². The highest BCUT2D eigenvalue weighted by Gasteiger charge is 2.71. The molecule has 0 bridgehead atoms. The summed E-state index contributed by atoms with van der Waals surface area (Å²) >= 11 is 0. The predicted molar refractivity (Wildman–Crippen MR) is 198 cm³/mol. The lowest BCUT2D eigenvalue weighted by Crippen LogP contribution is -2.69. The van der Waals surface area contributed by atoms with Gasteiger partial charge in [0, 0.05) is 11.8 Å². The number of esters is 1. The number of carbonyl (C=O) groups is 1. The molecule has 4 nitrogen and oxygen atoms in total. The molecule has 0 radical (unpaired) electrons. The highest BCUT2D eigenvalue weighted by Crippen LogP contribution is 2.77. The first-order chi connectivity index (χ1) is 22.6. The molecule has 276 valence electrons. The zero-order valence-corrected chi connectivity index (χ0v) is 32.7. The third-order valence-corrected chi connectivity index (χ3v) is 16.9. The SMILES string of the molecule is C=C1C(O)CC2(C)C(O)CC3(C)C(CCC4C5(C)CCC(OC(=O)CCCCCCCCCCCCC)C(C)(C)C5CCC43C)C2C1C. The van der Waals surface area contributed by atoms with Crippen molar-refractivity contribution in [2.24, 2.45) is 56.7 Å². The Morgan fingerprint density at radius 3 is 1.98 bits per heavy atom. The van der Waals surface area contributed by atoms with Gasteiger partial charge >= 0.3 is 5.97 Å². The Hall–Kier alpha value is -0.870. The second-order valence-corrected chi connectivity index (χ2v) is 19.6. The molecule has 2 N–H and O–H groups in total. The van der Waals surface area contributed by atoms with Crippen LogP contribution in [-0.4, -0.2) is 34.5 Å². The molecule has 0 amide bonds. The number of aliphatic hydroxyl groups excluding tert-OH is 2. The molecule has 5 fully saturated rings. The average molecular weight is 669 g/mol. The number of carbonyl (C=O) groups excluding carboxylic acids is 1. The minimum atomic E-state index is -0.507. The molecule has 0 aromatic rings. The summed E-state index contributed by atoms with van der Waals surface area (Å²) in [7, 11) is 0. The van der Waals surface area contributed by atoms with E-state index >= 15 is 0 Å². The number of unbranched alkanes of at least 4 members (excludes halogenated alkanes) is 10. The Balaban J connectivity index is 1.19. The van der Waals surface area contributed by atoms with Gasteiger partial charge < -0.3 is 14.9 Å². The first-order valence-corrected chi connectivity index (χ1v) is 20.8. The summed E-state index contributed by atoms with van der Waals surface area (Å²) in [6.07, 6.45) is 22.3. The summed E-state index contributed by atoms with van der Waals surface area (Å²) in [5, 5.41) is 22.9. The van der Waals surface area contributed by atoms with Crippen LogP contribution >= 0.6 is 0 Å². The number of hydrogen-bond donors (Lipinski definition) is 2. The van der Waals surface area contributed by atoms with Gasteiger partial charge in [-0.15, -0.1) is 0 Å². The average Bonchev–Trinajstić information content (AvgIpc) is 3.01. The molecule has 5 aliphatic rings. The van der Waals surface area contributed by atoms with E-state index in [1.54, 1.807) is 0 Å². The largest absolute Gasteiger partial charge is 0.462 e. The van der Waals surface area contributed by atoms with Crippen molar-refractivity contribution in [2.75, 3.05) is 0 Å². The minimum absolute atomic E-state index is 0.00445. The second-order valence-electron chi connectivity index (χ2n) is 19.6. The van der Waals surface area contributed by atoms with E-state index < -0.39 is 12.2 Å². The fourth-order valence-electron chi connectivity index (χ4n) is 13.9. The van der Waals surface area contributed by atoms with Crippen LogP contribution in [0.4, 0.5) is 0 Å². The molecular weight excluding hydrogens is 592 g/mol. The van der Waals surface area contributed by atoms with E-state index in [4.69, 9.17) is 4.74 Å². The van der Waals surface area contributed by atoms with Crippen LogP contribution in [0.1, 0.15) is 184 Å². The Bertz CT molecular complexity index is 1130. The van der Waals surface area contributed by atoms with E-state index in [2.05, 4.69) is 62.0 Å². The molecule has 12 unspecified atom stereocenters. The van der Waals surface area contributed by atoms with Crippen LogP contribution in [0.5, 0.6) is 0 Å². The normalized spacial score (nSPS) is 45.0. The molecule has 4 heteroatoms. The van der Waals surface area contributed by atoms with E-state index in [9.17, 15) is 15.0 Å². The molecule has 0 aromatic heterocycles. The zero-order chi connectivity index (χ0) is 35.1. The van der Waals surface area contributed by atoms with Gasteiger partial charge in [-0.2, -0.15) is 0 Å². The highest BCUT2D eigenvalue weighted by atomic mass is 16.5. The Morgan fingerprint density at radius 1 is 0.750 bits per heavy atom. The van der Waals surface area contributed by atoms with Gasteiger partial charge in [-0.3, -0.25) is 4.79 Å². The summed E-state index contributed by atoms with van der Waals surface area (Å²) in [5.74, 6) is 2.26. The van der Waals surface area contributed by atoms with Gasteiger partial charge in [0.2, 0.25) is 0 Å². The lowest BCUT2D eigenvalue weighted by atomic mass is 9.31. The van der Waals surface area contributed by atoms with Crippen molar-refractivity contribution >= 4 is 5.97 Å². The topological polar surface area (TPSA) is 66.8 Å². The van der Waals surface area contributed by atoms with Gasteiger partial charge in [0.15, 0.2) is 0 Å². The Morgan fingerprint density at radius 2 is 1.35 bits per heavy atom. The van der Waals surface area contributed by atoms with Crippen LogP contribution in [0.25, 0.3) is 0 Å². The van der Waals surface area contributed by atoms with Crippen molar-refractivity contribution in [3.05, 3.63) is 12.2 Å². The Labute approximate surface area is 296 Å². The van der Waals surface area contributed by atoms with Crippen molar-refractivity contribution in [2.45, 2.75) is 202 Å². The van der Waals surface area contributed by atoms with Gasteiger partial charge in [-0.1, -0.05) is 126 Å². The molecule has 48 heavy (non-hydrogen) atoms. The number of ether oxygens (including phenoxy) is 1. The molecule has 12 atom stereocenters. The fraction of sp³-hybridized carbons (Fsp3) is 0.932. The maximum Gasteiger partial charge on any atom is 0.306 e. The van der Waals surface area contributed by atoms with Crippen LogP contribution in [0.2, 0.25) is 0 Å². The fourth-order valence-corrected chi connectivity index (χ4v) is 13.9. The summed E-state index contributed by atoms with van der Waals surface area (Å²) in [6, 6.07) is 0. The van der Waals surface area contributed by atoms with E-state index in [0.29, 0.717) is 36.5 Å². The van der Waals surface area contributed by atoms with E-state index in [-0.39, 0.29) is 45.1 Å². The lowest BCUT2D eigenvalue weighted by Gasteiger charge is -2.74. The molecule has 5 rings (SSSR count). The van der Waals surface area contributed by atoms with Crippen molar-refractivity contribution in [1.82, 2.24) is 0 Å². The molecule has 5 saturated carbocycles. The summed E-state index contributed by atoms with van der Waals surface area (Å²) in [6.45, 7) is 23.7. The maximum absolute atomic E-state index is 13.2. The van der Waals surface area contributed by atoms with E-state index in [0.717, 1.165) is 37.7 Å². The quantitative estimate of drug-likeness (QED) is 0.116. The third kappa shape index (κ3) is 6.52. The first kappa shape index (κ1) is 38.4. The standard InChI is InChI=1S/C44H76O4/c1-10-11-12-13-14-15-16-17-18-19-20-21-38(47)48-37-25-26-41(6)34(40(37,4)5)24-27-43(8)35(41)23-22-32-39-31(3)30(2)33(45)28-42(39,7)36(46)29-44(32,43)9/h31-37,39,45-46H,2,10-29H2,1,3-9H3. The lowest BCUT2D eigenvalue weighted by molar-refractivity contribution is -0.273. The van der Waals surface area contributed by atoms with Gasteiger partial charge in [-0.05, 0) is 115 Å². The summed E-state index contributed by atoms with van der Waals surface area (Å²) < 4.78 is 6.37. The highest BCUT2D eigenvalue weighted by molar-refractivity contribution is 5.69. The number of rotatable bonds is 13. The molecule has 5 aliphatic carbocycles. The number of aliphatic hydroxyl groups is 2. The van der Waals surface area contributed by atoms with Crippen LogP contribution in [-0.2, 0) is 9.53 Å². The minimum Gasteiger partial charge on any atom is -0.462 e. The van der Waals surface area contributed by atoms with Crippen LogP contribution in [0.3, 0.4) is 0 Å². The molecular formula is C44H76O4. The van der Waals surface area contributed by atoms with Gasteiger partial charge in [-0.25, -0.2) is 0 Å². The van der Waals surface area contributed by atoms with Crippen molar-refractivity contribution in [3.8, 4) is 0 Å². The molecule has 0 saturated heterocycles. The van der Waals surface area contributed by atoms with Gasteiger partial charge in [0.05, 0.1) is 12.2 Å². The predicted octanol–water partition coefficient (Wildman–Crippen LogP) is 11.2. The number of hydrogen-bond acceptors (Lipinski definition) is 4. The number of fused-ring (bicyclic) bond motifs is 7. The van der Waals surface area contributed by atoms with Gasteiger partial charge in [0.25, 0.3) is 0 Å². The second kappa shape index (κ2) is 14.6. The van der Waals surface area contributed by atoms with Gasteiger partial charge in [0.1, 0.15) is 6.10 Å². The zero-order valence-electron chi connectivity index (χ0n) is 32.7.